The molecule has 248 valence electrons. The predicted octanol–water partition coefficient (Wildman–Crippen LogP) is 4.82. The van der Waals surface area contributed by atoms with E-state index in [0.29, 0.717) is 40.4 Å². The summed E-state index contributed by atoms with van der Waals surface area (Å²) in [5, 5.41) is 25.7. The molecule has 4 aliphatic carbocycles. The summed E-state index contributed by atoms with van der Waals surface area (Å²) < 4.78 is 26.9. The third kappa shape index (κ3) is 5.67. The van der Waals surface area contributed by atoms with E-state index in [-0.39, 0.29) is 30.9 Å². The molecule has 0 aliphatic heterocycles. The molecule has 11 heteroatoms. The first kappa shape index (κ1) is 31.6. The minimum atomic E-state index is -3.66. The van der Waals surface area contributed by atoms with Gasteiger partial charge in [-0.25, -0.2) is 17.2 Å². The minimum Gasteiger partial charge on any atom is -0.465 e. The Kier molecular flexibility index (Phi) is 8.03. The van der Waals surface area contributed by atoms with Crippen LogP contribution in [-0.4, -0.2) is 75.0 Å². The number of carbonyl (C=O) groups is 2. The van der Waals surface area contributed by atoms with Crippen molar-refractivity contribution in [2.45, 2.75) is 69.5 Å². The Balaban J connectivity index is 1.31. The van der Waals surface area contributed by atoms with E-state index in [2.05, 4.69) is 10.3 Å². The largest absolute Gasteiger partial charge is 0.465 e. The van der Waals surface area contributed by atoms with Crippen LogP contribution < -0.4 is 5.32 Å². The van der Waals surface area contributed by atoms with Crippen LogP contribution in [0.3, 0.4) is 0 Å². The van der Waals surface area contributed by atoms with Gasteiger partial charge in [-0.15, -0.1) is 0 Å². The molecule has 2 atom stereocenters. The maximum atomic E-state index is 14.6. The SMILES string of the molecule is CC(Cc1cc2c3ccccc3n(S(C)(=O)=O)c2cn1)(C(=O)NC(CO)Cc1ccccc1)N(C(=O)O)C1C2CC3CC(C2)CC1C3. The molecule has 2 heterocycles. The maximum Gasteiger partial charge on any atom is 0.408 e. The quantitative estimate of drug-likeness (QED) is 0.222. The van der Waals surface area contributed by atoms with E-state index in [0.717, 1.165) is 42.9 Å². The highest BCUT2D eigenvalue weighted by atomic mass is 32.2. The van der Waals surface area contributed by atoms with Crippen LogP contribution in [0.5, 0.6) is 0 Å². The molecule has 4 saturated carbocycles. The molecule has 0 spiro atoms. The molecule has 2 aromatic heterocycles. The van der Waals surface area contributed by atoms with Crippen molar-refractivity contribution in [3.8, 4) is 0 Å². The highest BCUT2D eigenvalue weighted by Gasteiger charge is 2.56. The maximum absolute atomic E-state index is 14.6. The predicted molar refractivity (Wildman–Crippen MR) is 179 cm³/mol. The lowest BCUT2D eigenvalue weighted by Crippen LogP contribution is -2.69. The van der Waals surface area contributed by atoms with E-state index in [4.69, 9.17) is 0 Å². The van der Waals surface area contributed by atoms with Crippen molar-refractivity contribution in [2.24, 2.45) is 23.7 Å². The van der Waals surface area contributed by atoms with Gasteiger partial charge in [-0.1, -0.05) is 48.5 Å². The van der Waals surface area contributed by atoms with E-state index in [9.17, 15) is 28.2 Å². The number of hydrogen-bond acceptors (Lipinski definition) is 6. The lowest BCUT2D eigenvalue weighted by molar-refractivity contribution is -0.141. The Hall–Kier alpha value is -3.96. The summed E-state index contributed by atoms with van der Waals surface area (Å²) in [4.78, 5) is 34.1. The summed E-state index contributed by atoms with van der Waals surface area (Å²) in [7, 11) is -3.66. The number of para-hydroxylation sites is 1. The number of nitrogens with one attached hydrogen (secondary N) is 1. The Bertz CT molecular complexity index is 1910. The fourth-order valence-corrected chi connectivity index (χ4v) is 10.4. The third-order valence-corrected chi connectivity index (χ3v) is 12.1. The number of aliphatic hydroxyl groups excluding tert-OH is 1. The van der Waals surface area contributed by atoms with Gasteiger partial charge in [-0.3, -0.25) is 14.7 Å². The van der Waals surface area contributed by atoms with Gasteiger partial charge in [0, 0.05) is 28.9 Å². The van der Waals surface area contributed by atoms with Crippen LogP contribution >= 0.6 is 0 Å². The first-order valence-corrected chi connectivity index (χ1v) is 18.4. The number of aliphatic hydroxyl groups is 1. The van der Waals surface area contributed by atoms with E-state index in [1.54, 1.807) is 25.1 Å². The first-order valence-electron chi connectivity index (χ1n) is 16.5. The zero-order valence-electron chi connectivity index (χ0n) is 26.7. The number of benzene rings is 2. The Morgan fingerprint density at radius 3 is 2.23 bits per heavy atom. The van der Waals surface area contributed by atoms with Gasteiger partial charge in [0.15, 0.2) is 0 Å². The van der Waals surface area contributed by atoms with Crippen molar-refractivity contribution >= 4 is 43.8 Å². The van der Waals surface area contributed by atoms with Crippen molar-refractivity contribution < 1.29 is 28.2 Å². The van der Waals surface area contributed by atoms with Gasteiger partial charge in [0.05, 0.1) is 36.1 Å². The molecule has 4 aliphatic rings. The number of rotatable bonds is 10. The number of hydrogen-bond donors (Lipinski definition) is 3. The van der Waals surface area contributed by atoms with Crippen molar-refractivity contribution in [1.82, 2.24) is 19.2 Å². The first-order chi connectivity index (χ1) is 22.5. The van der Waals surface area contributed by atoms with E-state index >= 15 is 0 Å². The third-order valence-electron chi connectivity index (χ3n) is 11.0. The van der Waals surface area contributed by atoms with Gasteiger partial charge in [0.25, 0.3) is 0 Å². The molecule has 4 aromatic rings. The summed E-state index contributed by atoms with van der Waals surface area (Å²) in [6.07, 6.45) is 6.99. The van der Waals surface area contributed by atoms with Gasteiger partial charge in [0.1, 0.15) is 5.54 Å². The average molecular weight is 659 g/mol. The smallest absolute Gasteiger partial charge is 0.408 e. The molecule has 2 amide bonds. The summed E-state index contributed by atoms with van der Waals surface area (Å²) in [6.45, 7) is 1.38. The molecular formula is C36H42N4O6S. The number of fused-ring (bicyclic) bond motifs is 3. The molecule has 0 saturated heterocycles. The van der Waals surface area contributed by atoms with Gasteiger partial charge >= 0.3 is 6.09 Å². The minimum absolute atomic E-state index is 0.0221. The summed E-state index contributed by atoms with van der Waals surface area (Å²) in [6, 6.07) is 17.6. The Morgan fingerprint density at radius 1 is 0.979 bits per heavy atom. The van der Waals surface area contributed by atoms with Crippen LogP contribution in [0.15, 0.2) is 66.9 Å². The monoisotopic (exact) mass is 658 g/mol. The zero-order valence-corrected chi connectivity index (χ0v) is 27.6. The van der Waals surface area contributed by atoms with Crippen LogP contribution in [0.25, 0.3) is 21.8 Å². The second-order valence-corrected chi connectivity index (χ2v) is 16.1. The van der Waals surface area contributed by atoms with Crippen LogP contribution in [0, 0.1) is 23.7 Å². The molecule has 47 heavy (non-hydrogen) atoms. The van der Waals surface area contributed by atoms with E-state index in [1.807, 2.05) is 42.5 Å². The molecule has 8 rings (SSSR count). The molecule has 10 nitrogen and oxygen atoms in total. The average Bonchev–Trinajstić information content (AvgIpc) is 3.36. The molecule has 2 aromatic carbocycles. The van der Waals surface area contributed by atoms with Gasteiger partial charge in [-0.05, 0) is 86.8 Å². The Labute approximate surface area is 274 Å². The highest BCUT2D eigenvalue weighted by molar-refractivity contribution is 7.89. The summed E-state index contributed by atoms with van der Waals surface area (Å²) >= 11 is 0. The number of amides is 2. The Morgan fingerprint density at radius 2 is 1.62 bits per heavy atom. The highest BCUT2D eigenvalue weighted by Crippen LogP contribution is 2.56. The zero-order chi connectivity index (χ0) is 33.1. The molecule has 0 radical (unpaired) electrons. The number of pyridine rings is 1. The lowest BCUT2D eigenvalue weighted by atomic mass is 9.53. The number of carbonyl (C=O) groups excluding carboxylic acids is 1. The van der Waals surface area contributed by atoms with Crippen LogP contribution in [-0.2, 0) is 27.7 Å². The standard InChI is InChI=1S/C36H42N4O6S/c1-36(34(42)38-28(21-41)17-22-8-4-3-5-9-22,39(35(43)44)33-25-13-23-12-24(15-25)16-26(33)14-23)19-27-18-30-29-10-6-7-11-31(29)40(47(2,45)46)32(30)20-37-27/h3-11,18,20,23-26,28,33,41H,12-17,19,21H2,1-2H3,(H,38,42)(H,43,44). The molecular weight excluding hydrogens is 616 g/mol. The lowest BCUT2D eigenvalue weighted by Gasteiger charge is -2.59. The molecule has 4 bridgehead atoms. The molecule has 3 N–H and O–H groups in total. The fourth-order valence-electron chi connectivity index (χ4n) is 9.35. The van der Waals surface area contributed by atoms with Crippen molar-refractivity contribution in [2.75, 3.05) is 12.9 Å². The fraction of sp³-hybridized carbons (Fsp3) is 0.472. The van der Waals surface area contributed by atoms with Gasteiger partial charge < -0.3 is 15.5 Å². The van der Waals surface area contributed by atoms with Gasteiger partial charge in [0.2, 0.25) is 15.9 Å². The topological polar surface area (TPSA) is 142 Å². The number of carboxylic acid groups (broad SMARTS) is 1. The molecule has 2 unspecified atom stereocenters. The second kappa shape index (κ2) is 11.9. The van der Waals surface area contributed by atoms with E-state index in [1.165, 1.54) is 21.5 Å². The second-order valence-electron chi connectivity index (χ2n) is 14.3. The number of aromatic nitrogens is 2. The van der Waals surface area contributed by atoms with Crippen LogP contribution in [0.4, 0.5) is 4.79 Å². The van der Waals surface area contributed by atoms with Gasteiger partial charge in [-0.2, -0.15) is 0 Å². The van der Waals surface area contributed by atoms with Crippen LogP contribution in [0.2, 0.25) is 0 Å². The summed E-state index contributed by atoms with van der Waals surface area (Å²) in [5.41, 5.74) is 0.801. The number of nitrogens with zero attached hydrogens (tertiary/aromatic N) is 3. The van der Waals surface area contributed by atoms with E-state index < -0.39 is 33.6 Å². The molecule has 4 fully saturated rings. The van der Waals surface area contributed by atoms with Crippen molar-refractivity contribution in [3.05, 3.63) is 78.1 Å². The van der Waals surface area contributed by atoms with Crippen molar-refractivity contribution in [1.29, 1.82) is 0 Å². The van der Waals surface area contributed by atoms with Crippen molar-refractivity contribution in [3.63, 3.8) is 0 Å². The van der Waals surface area contributed by atoms with Crippen LogP contribution in [0.1, 0.15) is 50.3 Å². The summed E-state index contributed by atoms with van der Waals surface area (Å²) in [5.74, 6) is 1.13. The normalized spacial score (nSPS) is 25.5.